The Kier molecular flexibility index (Phi) is 4.89. The van der Waals surface area contributed by atoms with Crippen LogP contribution in [0, 0.1) is 18.7 Å². The van der Waals surface area contributed by atoms with Gasteiger partial charge in [-0.15, -0.1) is 11.3 Å². The summed E-state index contributed by atoms with van der Waals surface area (Å²) in [5.41, 5.74) is 4.08. The number of nitrogens with zero attached hydrogens (tertiary/aromatic N) is 1. The van der Waals surface area contributed by atoms with E-state index >= 15 is 0 Å². The van der Waals surface area contributed by atoms with Gasteiger partial charge in [-0.1, -0.05) is 26.0 Å². The Morgan fingerprint density at radius 2 is 1.80 bits per heavy atom. The molecular formula is C16H21FN2S. The molecule has 108 valence electrons. The summed E-state index contributed by atoms with van der Waals surface area (Å²) in [5.74, 6) is 0.235. The molecule has 2 atom stereocenters. The van der Waals surface area contributed by atoms with Crippen LogP contribution in [0.1, 0.15) is 49.0 Å². The SMILES string of the molecule is Cc1ncsc1C(C)NC(c1ccc(F)cc1)C(C)C. The first kappa shape index (κ1) is 15.1. The summed E-state index contributed by atoms with van der Waals surface area (Å²) < 4.78 is 13.1. The van der Waals surface area contributed by atoms with E-state index < -0.39 is 0 Å². The first-order valence-corrected chi connectivity index (χ1v) is 7.78. The molecule has 1 aromatic carbocycles. The van der Waals surface area contributed by atoms with Gasteiger partial charge in [-0.05, 0) is 37.5 Å². The molecule has 2 aromatic rings. The number of rotatable bonds is 5. The summed E-state index contributed by atoms with van der Waals surface area (Å²) in [6.45, 7) is 8.53. The zero-order valence-corrected chi connectivity index (χ0v) is 13.2. The van der Waals surface area contributed by atoms with Crippen molar-refractivity contribution in [2.75, 3.05) is 0 Å². The van der Waals surface area contributed by atoms with Crippen LogP contribution in [0.5, 0.6) is 0 Å². The fourth-order valence-electron chi connectivity index (χ4n) is 2.42. The predicted octanol–water partition coefficient (Wildman–Crippen LogP) is 4.64. The number of hydrogen-bond donors (Lipinski definition) is 1. The van der Waals surface area contributed by atoms with Crippen molar-refractivity contribution in [3.05, 3.63) is 51.7 Å². The summed E-state index contributed by atoms with van der Waals surface area (Å²) in [6, 6.07) is 7.20. The van der Waals surface area contributed by atoms with Gasteiger partial charge < -0.3 is 5.32 Å². The van der Waals surface area contributed by atoms with E-state index in [9.17, 15) is 4.39 Å². The summed E-state index contributed by atoms with van der Waals surface area (Å²) in [6.07, 6.45) is 0. The maximum absolute atomic E-state index is 13.1. The van der Waals surface area contributed by atoms with E-state index in [-0.39, 0.29) is 17.9 Å². The minimum absolute atomic E-state index is 0.192. The Morgan fingerprint density at radius 3 is 2.30 bits per heavy atom. The van der Waals surface area contributed by atoms with Gasteiger partial charge in [0, 0.05) is 17.0 Å². The average molecular weight is 292 g/mol. The lowest BCUT2D eigenvalue weighted by Crippen LogP contribution is -2.28. The highest BCUT2D eigenvalue weighted by molar-refractivity contribution is 7.09. The van der Waals surface area contributed by atoms with Gasteiger partial charge in [-0.25, -0.2) is 9.37 Å². The van der Waals surface area contributed by atoms with Crippen molar-refractivity contribution in [1.82, 2.24) is 10.3 Å². The van der Waals surface area contributed by atoms with E-state index in [2.05, 4.69) is 31.1 Å². The van der Waals surface area contributed by atoms with E-state index in [1.165, 1.54) is 17.0 Å². The molecule has 0 bridgehead atoms. The lowest BCUT2D eigenvalue weighted by Gasteiger charge is -2.26. The molecule has 0 saturated heterocycles. The lowest BCUT2D eigenvalue weighted by molar-refractivity contribution is 0.375. The standard InChI is InChI=1S/C16H21FN2S/c1-10(2)15(13-5-7-14(17)8-6-13)19-12(4)16-11(3)18-9-20-16/h5-10,12,15,19H,1-4H3. The molecule has 0 fully saturated rings. The van der Waals surface area contributed by atoms with Gasteiger partial charge in [0.25, 0.3) is 0 Å². The van der Waals surface area contributed by atoms with Gasteiger partial charge >= 0.3 is 0 Å². The molecule has 20 heavy (non-hydrogen) atoms. The minimum atomic E-state index is -0.192. The zero-order valence-electron chi connectivity index (χ0n) is 12.4. The van der Waals surface area contributed by atoms with Gasteiger partial charge in [0.2, 0.25) is 0 Å². The second-order valence-electron chi connectivity index (χ2n) is 5.46. The second kappa shape index (κ2) is 6.46. The van der Waals surface area contributed by atoms with E-state index in [1.54, 1.807) is 11.3 Å². The van der Waals surface area contributed by atoms with Gasteiger partial charge in [0.15, 0.2) is 0 Å². The van der Waals surface area contributed by atoms with Crippen LogP contribution in [-0.2, 0) is 0 Å². The minimum Gasteiger partial charge on any atom is -0.302 e. The van der Waals surface area contributed by atoms with Crippen molar-refractivity contribution in [2.24, 2.45) is 5.92 Å². The molecule has 2 rings (SSSR count). The van der Waals surface area contributed by atoms with Crippen LogP contribution in [-0.4, -0.2) is 4.98 Å². The van der Waals surface area contributed by atoms with E-state index in [0.29, 0.717) is 5.92 Å². The van der Waals surface area contributed by atoms with Crippen molar-refractivity contribution in [2.45, 2.75) is 39.8 Å². The predicted molar refractivity (Wildman–Crippen MR) is 82.4 cm³/mol. The normalized spacial score (nSPS) is 14.5. The molecule has 0 aliphatic rings. The van der Waals surface area contributed by atoms with Crippen molar-refractivity contribution in [1.29, 1.82) is 0 Å². The van der Waals surface area contributed by atoms with Crippen LogP contribution in [0.15, 0.2) is 29.8 Å². The van der Waals surface area contributed by atoms with Crippen LogP contribution in [0.25, 0.3) is 0 Å². The monoisotopic (exact) mass is 292 g/mol. The maximum atomic E-state index is 13.1. The zero-order chi connectivity index (χ0) is 14.7. The highest BCUT2D eigenvalue weighted by Crippen LogP contribution is 2.28. The molecule has 0 spiro atoms. The van der Waals surface area contributed by atoms with Crippen LogP contribution >= 0.6 is 11.3 Å². The quantitative estimate of drug-likeness (QED) is 0.868. The molecule has 0 radical (unpaired) electrons. The molecule has 0 saturated carbocycles. The number of aromatic nitrogens is 1. The largest absolute Gasteiger partial charge is 0.302 e. The number of halogens is 1. The van der Waals surface area contributed by atoms with Crippen molar-refractivity contribution in [3.63, 3.8) is 0 Å². The van der Waals surface area contributed by atoms with E-state index in [0.717, 1.165) is 11.3 Å². The molecule has 0 amide bonds. The third-order valence-corrected chi connectivity index (χ3v) is 4.61. The number of benzene rings is 1. The van der Waals surface area contributed by atoms with E-state index in [4.69, 9.17) is 0 Å². The molecular weight excluding hydrogens is 271 g/mol. The summed E-state index contributed by atoms with van der Waals surface area (Å²) in [7, 11) is 0. The van der Waals surface area contributed by atoms with Gasteiger partial charge in [0.05, 0.1) is 11.2 Å². The molecule has 1 N–H and O–H groups in total. The van der Waals surface area contributed by atoms with Crippen molar-refractivity contribution in [3.8, 4) is 0 Å². The summed E-state index contributed by atoms with van der Waals surface area (Å²) >= 11 is 1.68. The molecule has 2 nitrogen and oxygen atoms in total. The van der Waals surface area contributed by atoms with Crippen LogP contribution in [0.2, 0.25) is 0 Å². The Balaban J connectivity index is 2.18. The maximum Gasteiger partial charge on any atom is 0.123 e. The molecule has 2 unspecified atom stereocenters. The molecule has 0 aliphatic heterocycles. The fourth-order valence-corrected chi connectivity index (χ4v) is 3.24. The highest BCUT2D eigenvalue weighted by atomic mass is 32.1. The highest BCUT2D eigenvalue weighted by Gasteiger charge is 2.20. The number of nitrogens with one attached hydrogen (secondary N) is 1. The van der Waals surface area contributed by atoms with Crippen LogP contribution in [0.4, 0.5) is 4.39 Å². The van der Waals surface area contributed by atoms with Crippen LogP contribution < -0.4 is 5.32 Å². The second-order valence-corrected chi connectivity index (χ2v) is 6.35. The first-order valence-electron chi connectivity index (χ1n) is 6.90. The molecule has 4 heteroatoms. The summed E-state index contributed by atoms with van der Waals surface area (Å²) in [5, 5.41) is 3.64. The Bertz CT molecular complexity index is 548. The average Bonchev–Trinajstić information content (AvgIpc) is 2.83. The fraction of sp³-hybridized carbons (Fsp3) is 0.438. The topological polar surface area (TPSA) is 24.9 Å². The Labute approximate surface area is 124 Å². The van der Waals surface area contributed by atoms with Crippen molar-refractivity contribution < 1.29 is 4.39 Å². The lowest BCUT2D eigenvalue weighted by atomic mass is 9.95. The summed E-state index contributed by atoms with van der Waals surface area (Å²) in [4.78, 5) is 5.56. The smallest absolute Gasteiger partial charge is 0.123 e. The molecule has 1 aromatic heterocycles. The number of aryl methyl sites for hydroxylation is 1. The number of hydrogen-bond acceptors (Lipinski definition) is 3. The molecule has 0 aliphatic carbocycles. The number of thiazole rings is 1. The van der Waals surface area contributed by atoms with Gasteiger partial charge in [-0.3, -0.25) is 0 Å². The van der Waals surface area contributed by atoms with E-state index in [1.807, 2.05) is 24.6 Å². The third kappa shape index (κ3) is 3.44. The van der Waals surface area contributed by atoms with Gasteiger partial charge in [-0.2, -0.15) is 0 Å². The first-order chi connectivity index (χ1) is 9.49. The van der Waals surface area contributed by atoms with Gasteiger partial charge in [0.1, 0.15) is 5.82 Å². The third-order valence-electron chi connectivity index (χ3n) is 3.50. The Hall–Kier alpha value is -1.26. The molecule has 1 heterocycles. The van der Waals surface area contributed by atoms with Crippen LogP contribution in [0.3, 0.4) is 0 Å². The Morgan fingerprint density at radius 1 is 1.15 bits per heavy atom. The van der Waals surface area contributed by atoms with Crippen molar-refractivity contribution >= 4 is 11.3 Å².